The highest BCUT2D eigenvalue weighted by Gasteiger charge is 2.33. The number of anilines is 1. The number of aromatic nitrogens is 1. The summed E-state index contributed by atoms with van der Waals surface area (Å²) >= 11 is 7.69. The SMILES string of the molecule is COC(=O)c1cccc(-n2c(C)cc(C=Nc3sc4c(c3C(=O)Nc3ccc(Cl)cc3)CC[C@H](C(C)(C)C)C4)c2C)c1C. The van der Waals surface area contributed by atoms with E-state index in [9.17, 15) is 9.59 Å². The lowest BCUT2D eigenvalue weighted by atomic mass is 9.72. The Hall–Kier alpha value is -3.68. The highest BCUT2D eigenvalue weighted by molar-refractivity contribution is 7.16. The van der Waals surface area contributed by atoms with Crippen molar-refractivity contribution in [2.75, 3.05) is 12.4 Å². The maximum atomic E-state index is 13.7. The number of rotatable bonds is 6. The standard InChI is InChI=1S/C35H38ClN3O3S/c1-20-17-23(22(3)39(20)29-10-8-9-27(21(29)2)34(41)42-7)19-37-33-31(32(40)38-26-14-12-25(36)13-15-26)28-16-11-24(35(4,5)6)18-30(28)43-33/h8-10,12-15,17,19,24H,11,16,18H2,1-7H3,(H,38,40)/t24-/m0/s1. The van der Waals surface area contributed by atoms with Gasteiger partial charge >= 0.3 is 5.97 Å². The number of nitrogens with one attached hydrogen (secondary N) is 1. The van der Waals surface area contributed by atoms with Crippen LogP contribution < -0.4 is 5.32 Å². The Balaban J connectivity index is 1.53. The van der Waals surface area contributed by atoms with Crippen LogP contribution in [0.4, 0.5) is 10.7 Å². The minimum atomic E-state index is -0.358. The molecule has 0 unspecified atom stereocenters. The summed E-state index contributed by atoms with van der Waals surface area (Å²) < 4.78 is 7.12. The number of thiophene rings is 1. The number of benzene rings is 2. The third kappa shape index (κ3) is 6.20. The fourth-order valence-electron chi connectivity index (χ4n) is 5.98. The number of fused-ring (bicyclic) bond motifs is 1. The van der Waals surface area contributed by atoms with E-state index < -0.39 is 0 Å². The summed E-state index contributed by atoms with van der Waals surface area (Å²) in [5.74, 6) is 0.0378. The highest BCUT2D eigenvalue weighted by Crippen LogP contribution is 2.45. The maximum absolute atomic E-state index is 13.7. The molecule has 1 N–H and O–H groups in total. The van der Waals surface area contributed by atoms with Gasteiger partial charge in [-0.05, 0) is 105 Å². The highest BCUT2D eigenvalue weighted by atomic mass is 35.5. The van der Waals surface area contributed by atoms with Crippen molar-refractivity contribution in [2.24, 2.45) is 16.3 Å². The number of amides is 1. The lowest BCUT2D eigenvalue weighted by Crippen LogP contribution is -2.27. The molecule has 8 heteroatoms. The first kappa shape index (κ1) is 30.8. The molecule has 0 saturated carbocycles. The Labute approximate surface area is 262 Å². The number of aliphatic imine (C=N–C) groups is 1. The van der Waals surface area contributed by atoms with E-state index in [0.29, 0.717) is 27.8 Å². The zero-order chi connectivity index (χ0) is 31.1. The third-order valence-electron chi connectivity index (χ3n) is 8.54. The minimum Gasteiger partial charge on any atom is -0.465 e. The molecule has 0 aliphatic heterocycles. The van der Waals surface area contributed by atoms with Gasteiger partial charge in [0, 0.05) is 44.4 Å². The normalized spacial score (nSPS) is 15.0. The van der Waals surface area contributed by atoms with Crippen LogP contribution in [0.25, 0.3) is 5.69 Å². The van der Waals surface area contributed by atoms with Gasteiger partial charge in [-0.2, -0.15) is 0 Å². The van der Waals surface area contributed by atoms with E-state index in [0.717, 1.165) is 58.0 Å². The van der Waals surface area contributed by atoms with E-state index in [4.69, 9.17) is 21.3 Å². The first-order chi connectivity index (χ1) is 20.4. The molecule has 0 radical (unpaired) electrons. The smallest absolute Gasteiger partial charge is 0.338 e. The molecule has 0 bridgehead atoms. The largest absolute Gasteiger partial charge is 0.465 e. The van der Waals surface area contributed by atoms with Gasteiger partial charge in [0.25, 0.3) is 5.91 Å². The van der Waals surface area contributed by atoms with E-state index in [2.05, 4.69) is 36.7 Å². The Morgan fingerprint density at radius 3 is 2.51 bits per heavy atom. The quantitative estimate of drug-likeness (QED) is 0.174. The molecule has 1 atom stereocenters. The van der Waals surface area contributed by atoms with Crippen LogP contribution in [-0.2, 0) is 17.6 Å². The van der Waals surface area contributed by atoms with Crippen molar-refractivity contribution in [1.82, 2.24) is 4.57 Å². The van der Waals surface area contributed by atoms with Crippen LogP contribution in [0.1, 0.15) is 80.9 Å². The van der Waals surface area contributed by atoms with Crippen LogP contribution in [0.3, 0.4) is 0 Å². The molecule has 0 saturated heterocycles. The summed E-state index contributed by atoms with van der Waals surface area (Å²) in [7, 11) is 1.39. The molecule has 1 amide bonds. The molecule has 1 aliphatic rings. The van der Waals surface area contributed by atoms with Gasteiger partial charge in [-0.3, -0.25) is 4.79 Å². The van der Waals surface area contributed by atoms with Crippen molar-refractivity contribution < 1.29 is 14.3 Å². The lowest BCUT2D eigenvalue weighted by molar-refractivity contribution is 0.0599. The van der Waals surface area contributed by atoms with Gasteiger partial charge < -0.3 is 14.6 Å². The molecule has 4 aromatic rings. The Bertz CT molecular complexity index is 1720. The van der Waals surface area contributed by atoms with Crippen LogP contribution >= 0.6 is 22.9 Å². The number of aryl methyl sites for hydroxylation is 1. The molecular weight excluding hydrogens is 578 g/mol. The second-order valence-corrected chi connectivity index (χ2v) is 13.8. The van der Waals surface area contributed by atoms with Gasteiger partial charge in [0.05, 0.1) is 18.2 Å². The van der Waals surface area contributed by atoms with Gasteiger partial charge in [-0.1, -0.05) is 38.4 Å². The van der Waals surface area contributed by atoms with Crippen molar-refractivity contribution in [3.8, 4) is 5.69 Å². The summed E-state index contributed by atoms with van der Waals surface area (Å²) in [6.07, 6.45) is 4.71. The van der Waals surface area contributed by atoms with E-state index in [1.165, 1.54) is 12.0 Å². The fourth-order valence-corrected chi connectivity index (χ4v) is 7.37. The Morgan fingerprint density at radius 2 is 1.84 bits per heavy atom. The number of hydrogen-bond acceptors (Lipinski definition) is 5. The van der Waals surface area contributed by atoms with Crippen LogP contribution in [0.2, 0.25) is 5.02 Å². The summed E-state index contributed by atoms with van der Waals surface area (Å²) in [6.45, 7) is 12.9. The van der Waals surface area contributed by atoms with E-state index in [1.807, 2.05) is 51.3 Å². The number of carbonyl (C=O) groups excluding carboxylic acids is 2. The first-order valence-corrected chi connectivity index (χ1v) is 15.7. The van der Waals surface area contributed by atoms with Crippen molar-refractivity contribution in [1.29, 1.82) is 0 Å². The second kappa shape index (κ2) is 12.1. The lowest BCUT2D eigenvalue weighted by Gasteiger charge is -2.33. The molecule has 5 rings (SSSR count). The van der Waals surface area contributed by atoms with Gasteiger partial charge in [0.2, 0.25) is 0 Å². The number of esters is 1. The van der Waals surface area contributed by atoms with Crippen molar-refractivity contribution >= 4 is 51.7 Å². The minimum absolute atomic E-state index is 0.151. The number of halogens is 1. The van der Waals surface area contributed by atoms with Crippen LogP contribution in [0.5, 0.6) is 0 Å². The molecular formula is C35H38ClN3O3S. The average molecular weight is 616 g/mol. The third-order valence-corrected chi connectivity index (χ3v) is 9.96. The Kier molecular flexibility index (Phi) is 8.68. The molecule has 2 heterocycles. The summed E-state index contributed by atoms with van der Waals surface area (Å²) in [6, 6.07) is 14.9. The van der Waals surface area contributed by atoms with E-state index in [1.54, 1.807) is 29.5 Å². The van der Waals surface area contributed by atoms with Gasteiger partial charge in [-0.25, -0.2) is 9.79 Å². The number of nitrogens with zero attached hydrogens (tertiary/aromatic N) is 2. The van der Waals surface area contributed by atoms with Gasteiger partial charge in [0.1, 0.15) is 5.00 Å². The Morgan fingerprint density at radius 1 is 1.12 bits per heavy atom. The van der Waals surface area contributed by atoms with Crippen LogP contribution in [-0.4, -0.2) is 29.8 Å². The number of hydrogen-bond donors (Lipinski definition) is 1. The van der Waals surface area contributed by atoms with Crippen molar-refractivity contribution in [3.63, 3.8) is 0 Å². The number of ether oxygens (including phenoxy) is 1. The summed E-state index contributed by atoms with van der Waals surface area (Å²) in [4.78, 5) is 32.3. The average Bonchev–Trinajstić information content (AvgIpc) is 3.47. The number of methoxy groups -OCH3 is 1. The molecule has 2 aromatic heterocycles. The topological polar surface area (TPSA) is 72.7 Å². The second-order valence-electron chi connectivity index (χ2n) is 12.3. The molecule has 0 fully saturated rings. The molecule has 2 aromatic carbocycles. The molecule has 6 nitrogen and oxygen atoms in total. The van der Waals surface area contributed by atoms with E-state index in [-0.39, 0.29) is 17.3 Å². The predicted octanol–water partition coefficient (Wildman–Crippen LogP) is 9.06. The molecule has 43 heavy (non-hydrogen) atoms. The number of carbonyl (C=O) groups is 2. The first-order valence-electron chi connectivity index (χ1n) is 14.5. The zero-order valence-electron chi connectivity index (χ0n) is 25.8. The van der Waals surface area contributed by atoms with Crippen molar-refractivity contribution in [2.45, 2.75) is 60.8 Å². The molecule has 1 aliphatic carbocycles. The van der Waals surface area contributed by atoms with Crippen molar-refractivity contribution in [3.05, 3.63) is 97.6 Å². The van der Waals surface area contributed by atoms with Gasteiger partial charge in [-0.15, -0.1) is 11.3 Å². The van der Waals surface area contributed by atoms with E-state index >= 15 is 0 Å². The van der Waals surface area contributed by atoms with Crippen LogP contribution in [0, 0.1) is 32.1 Å². The van der Waals surface area contributed by atoms with Gasteiger partial charge in [0.15, 0.2) is 0 Å². The molecule has 0 spiro atoms. The zero-order valence-corrected chi connectivity index (χ0v) is 27.4. The summed E-state index contributed by atoms with van der Waals surface area (Å²) in [5.41, 5.74) is 7.92. The predicted molar refractivity (Wildman–Crippen MR) is 177 cm³/mol. The monoisotopic (exact) mass is 615 g/mol. The van der Waals surface area contributed by atoms with Crippen LogP contribution in [0.15, 0.2) is 53.5 Å². The summed E-state index contributed by atoms with van der Waals surface area (Å²) in [5, 5.41) is 4.41. The molecule has 224 valence electrons. The fraction of sp³-hybridized carbons (Fsp3) is 0.343. The maximum Gasteiger partial charge on any atom is 0.338 e.